The highest BCUT2D eigenvalue weighted by molar-refractivity contribution is 7.89. The molecule has 0 bridgehead atoms. The zero-order chi connectivity index (χ0) is 17.4. The minimum atomic E-state index is -3.56. The van der Waals surface area contributed by atoms with E-state index in [2.05, 4.69) is 4.72 Å². The predicted octanol–water partition coefficient (Wildman–Crippen LogP) is 2.23. The van der Waals surface area contributed by atoms with Crippen molar-refractivity contribution in [3.63, 3.8) is 0 Å². The summed E-state index contributed by atoms with van der Waals surface area (Å²) in [5, 5.41) is 18.0. The number of sulfonamides is 1. The summed E-state index contributed by atoms with van der Waals surface area (Å²) >= 11 is 0. The highest BCUT2D eigenvalue weighted by Crippen LogP contribution is 2.14. The molecular formula is C18H23NO4S. The summed E-state index contributed by atoms with van der Waals surface area (Å²) in [6.07, 6.45) is 3.31. The smallest absolute Gasteiger partial charge is 0.240 e. The van der Waals surface area contributed by atoms with E-state index in [4.69, 9.17) is 5.11 Å². The highest BCUT2D eigenvalue weighted by Gasteiger charge is 2.12. The first-order valence-electron chi connectivity index (χ1n) is 7.98. The van der Waals surface area contributed by atoms with Gasteiger partial charge in [-0.25, -0.2) is 13.1 Å². The zero-order valence-electron chi connectivity index (χ0n) is 13.5. The Morgan fingerprint density at radius 1 is 0.833 bits per heavy atom. The molecule has 0 aromatic heterocycles. The lowest BCUT2D eigenvalue weighted by Crippen LogP contribution is -2.25. The number of phenolic OH excluding ortho intramolecular Hbond substituents is 1. The van der Waals surface area contributed by atoms with Gasteiger partial charge in [0.1, 0.15) is 5.75 Å². The number of aryl methyl sites for hydroxylation is 1. The van der Waals surface area contributed by atoms with E-state index >= 15 is 0 Å². The van der Waals surface area contributed by atoms with Gasteiger partial charge in [-0.3, -0.25) is 0 Å². The lowest BCUT2D eigenvalue weighted by atomic mass is 10.0. The predicted molar refractivity (Wildman–Crippen MR) is 93.5 cm³/mol. The molecule has 130 valence electrons. The fraction of sp³-hybridized carbons (Fsp3) is 0.333. The SMILES string of the molecule is O=S(=O)(NCCc1ccc(CCCCO)cc1)c1ccc(O)cc1. The van der Waals surface area contributed by atoms with Crippen LogP contribution >= 0.6 is 0 Å². The van der Waals surface area contributed by atoms with Crippen LogP contribution in [0, 0.1) is 0 Å². The van der Waals surface area contributed by atoms with Gasteiger partial charge in [0.15, 0.2) is 0 Å². The molecule has 3 N–H and O–H groups in total. The van der Waals surface area contributed by atoms with Gasteiger partial charge in [0.05, 0.1) is 4.90 Å². The number of hydrogen-bond donors (Lipinski definition) is 3. The minimum absolute atomic E-state index is 0.0352. The van der Waals surface area contributed by atoms with Crippen molar-refractivity contribution in [2.24, 2.45) is 0 Å². The molecular weight excluding hydrogens is 326 g/mol. The minimum Gasteiger partial charge on any atom is -0.508 e. The van der Waals surface area contributed by atoms with Gasteiger partial charge >= 0.3 is 0 Å². The first-order chi connectivity index (χ1) is 11.5. The average molecular weight is 349 g/mol. The third-order valence-corrected chi connectivity index (χ3v) is 5.23. The Labute approximate surface area is 143 Å². The van der Waals surface area contributed by atoms with Gasteiger partial charge in [0.2, 0.25) is 10.0 Å². The Bertz CT molecular complexity index is 725. The number of unbranched alkanes of at least 4 members (excludes halogenated alkanes) is 1. The second-order valence-electron chi connectivity index (χ2n) is 5.64. The van der Waals surface area contributed by atoms with Crippen molar-refractivity contribution in [3.05, 3.63) is 59.7 Å². The molecule has 0 fully saturated rings. The molecule has 0 unspecified atom stereocenters. The largest absolute Gasteiger partial charge is 0.508 e. The second-order valence-corrected chi connectivity index (χ2v) is 7.41. The Morgan fingerprint density at radius 3 is 2.00 bits per heavy atom. The van der Waals surface area contributed by atoms with Crippen LogP contribution in [0.1, 0.15) is 24.0 Å². The number of aliphatic hydroxyl groups excluding tert-OH is 1. The summed E-state index contributed by atoms with van der Waals surface area (Å²) in [5.74, 6) is 0.0352. The van der Waals surface area contributed by atoms with Crippen molar-refractivity contribution in [1.29, 1.82) is 0 Å². The van der Waals surface area contributed by atoms with Crippen molar-refractivity contribution in [2.45, 2.75) is 30.6 Å². The van der Waals surface area contributed by atoms with Crippen molar-refractivity contribution >= 4 is 10.0 Å². The summed E-state index contributed by atoms with van der Waals surface area (Å²) in [6.45, 7) is 0.534. The molecule has 0 atom stereocenters. The molecule has 2 rings (SSSR count). The van der Waals surface area contributed by atoms with Crippen LogP contribution in [-0.2, 0) is 22.9 Å². The molecule has 2 aromatic rings. The summed E-state index contributed by atoms with van der Waals surface area (Å²) < 4.78 is 26.8. The van der Waals surface area contributed by atoms with Crippen molar-refractivity contribution < 1.29 is 18.6 Å². The Morgan fingerprint density at radius 2 is 1.42 bits per heavy atom. The van der Waals surface area contributed by atoms with Crippen LogP contribution in [0.15, 0.2) is 53.4 Å². The average Bonchev–Trinajstić information content (AvgIpc) is 2.57. The molecule has 24 heavy (non-hydrogen) atoms. The quantitative estimate of drug-likeness (QED) is 0.606. The van der Waals surface area contributed by atoms with E-state index in [-0.39, 0.29) is 17.3 Å². The van der Waals surface area contributed by atoms with Gasteiger partial charge in [0, 0.05) is 13.2 Å². The van der Waals surface area contributed by atoms with E-state index < -0.39 is 10.0 Å². The first-order valence-corrected chi connectivity index (χ1v) is 9.47. The maximum Gasteiger partial charge on any atom is 0.240 e. The number of rotatable bonds is 9. The molecule has 0 saturated carbocycles. The maximum atomic E-state index is 12.1. The molecule has 0 spiro atoms. The third-order valence-electron chi connectivity index (χ3n) is 3.75. The zero-order valence-corrected chi connectivity index (χ0v) is 14.3. The van der Waals surface area contributed by atoms with Crippen LogP contribution in [0.5, 0.6) is 5.75 Å². The Kier molecular flexibility index (Phi) is 6.78. The summed E-state index contributed by atoms with van der Waals surface area (Å²) in [5.41, 5.74) is 2.28. The first kappa shape index (κ1) is 18.4. The molecule has 6 heteroatoms. The standard InChI is InChI=1S/C18H23NO4S/c20-14-2-1-3-15-4-6-16(7-5-15)12-13-19-24(22,23)18-10-8-17(21)9-11-18/h4-11,19-21H,1-3,12-14H2. The number of aliphatic hydroxyl groups is 1. The maximum absolute atomic E-state index is 12.1. The van der Waals surface area contributed by atoms with Gasteiger partial charge in [-0.1, -0.05) is 24.3 Å². The van der Waals surface area contributed by atoms with Crippen LogP contribution in [0.4, 0.5) is 0 Å². The molecule has 0 amide bonds. The van der Waals surface area contributed by atoms with Crippen LogP contribution in [0.25, 0.3) is 0 Å². The monoisotopic (exact) mass is 349 g/mol. The van der Waals surface area contributed by atoms with Crippen molar-refractivity contribution in [2.75, 3.05) is 13.2 Å². The normalized spacial score (nSPS) is 11.5. The molecule has 0 saturated heterocycles. The molecule has 5 nitrogen and oxygen atoms in total. The molecule has 2 aromatic carbocycles. The lowest BCUT2D eigenvalue weighted by Gasteiger charge is -2.08. The van der Waals surface area contributed by atoms with E-state index in [1.54, 1.807) is 0 Å². The van der Waals surface area contributed by atoms with E-state index in [0.717, 1.165) is 24.8 Å². The topological polar surface area (TPSA) is 86.6 Å². The Hall–Kier alpha value is -1.89. The number of phenols is 1. The van der Waals surface area contributed by atoms with Crippen molar-refractivity contribution in [1.82, 2.24) is 4.72 Å². The van der Waals surface area contributed by atoms with E-state index in [1.807, 2.05) is 24.3 Å². The molecule has 0 radical (unpaired) electrons. The number of hydrogen-bond acceptors (Lipinski definition) is 4. The van der Waals surface area contributed by atoms with E-state index in [1.165, 1.54) is 29.8 Å². The van der Waals surface area contributed by atoms with E-state index in [9.17, 15) is 13.5 Å². The molecule has 0 aliphatic carbocycles. The third kappa shape index (κ3) is 5.63. The van der Waals surface area contributed by atoms with Gasteiger partial charge in [-0.2, -0.15) is 0 Å². The highest BCUT2D eigenvalue weighted by atomic mass is 32.2. The lowest BCUT2D eigenvalue weighted by molar-refractivity contribution is 0.284. The second kappa shape index (κ2) is 8.82. The molecule has 0 heterocycles. The summed E-state index contributed by atoms with van der Waals surface area (Å²) in [4.78, 5) is 0.138. The van der Waals surface area contributed by atoms with Crippen molar-refractivity contribution in [3.8, 4) is 5.75 Å². The Balaban J connectivity index is 1.84. The summed E-state index contributed by atoms with van der Waals surface area (Å²) in [7, 11) is -3.56. The van der Waals surface area contributed by atoms with Gasteiger partial charge in [-0.15, -0.1) is 0 Å². The number of nitrogens with one attached hydrogen (secondary N) is 1. The van der Waals surface area contributed by atoms with Crippen LogP contribution in [-0.4, -0.2) is 31.8 Å². The van der Waals surface area contributed by atoms with Crippen LogP contribution in [0.2, 0.25) is 0 Å². The van der Waals surface area contributed by atoms with Crippen LogP contribution < -0.4 is 4.72 Å². The molecule has 0 aliphatic heterocycles. The molecule has 0 aliphatic rings. The fourth-order valence-electron chi connectivity index (χ4n) is 2.35. The van der Waals surface area contributed by atoms with Crippen LogP contribution in [0.3, 0.4) is 0 Å². The number of aromatic hydroxyl groups is 1. The number of benzene rings is 2. The summed E-state index contributed by atoms with van der Waals surface area (Å²) in [6, 6.07) is 13.5. The van der Waals surface area contributed by atoms with Gasteiger partial charge < -0.3 is 10.2 Å². The fourth-order valence-corrected chi connectivity index (χ4v) is 3.38. The van der Waals surface area contributed by atoms with Gasteiger partial charge in [0.25, 0.3) is 0 Å². The van der Waals surface area contributed by atoms with E-state index in [0.29, 0.717) is 13.0 Å². The van der Waals surface area contributed by atoms with Gasteiger partial charge in [-0.05, 0) is 61.1 Å².